The molecule has 60 heavy (non-hydrogen) atoms. The zero-order valence-corrected chi connectivity index (χ0v) is 32.5. The summed E-state index contributed by atoms with van der Waals surface area (Å²) in [6.45, 7) is 0. The molecule has 2 aromatic heterocycles. The molecule has 0 fully saturated rings. The summed E-state index contributed by atoms with van der Waals surface area (Å²) < 4.78 is 0. The molecule has 0 aliphatic carbocycles. The monoisotopic (exact) mass is 761 g/mol. The molecule has 0 aliphatic rings. The topological polar surface area (TPSA) is 38.7 Å². The van der Waals surface area contributed by atoms with Crippen molar-refractivity contribution in [1.29, 1.82) is 0 Å². The summed E-state index contributed by atoms with van der Waals surface area (Å²) in [5, 5.41) is 14.9. The van der Waals surface area contributed by atoms with Crippen LogP contribution < -0.4 is 0 Å². The molecular formula is C57H35N3. The third-order valence-corrected chi connectivity index (χ3v) is 12.1. The average Bonchev–Trinajstić information content (AvgIpc) is 3.33. The van der Waals surface area contributed by atoms with Gasteiger partial charge in [0.2, 0.25) is 0 Å². The predicted octanol–water partition coefficient (Wildman–Crippen LogP) is 15.1. The standard InChI is InChI=1S/C57H35N3/c1-2-14-42-40(12-1)32-51(46-18-5-3-15-43(42)46)37-25-27-38(28-26-37)54-34-55(60-57(59-54)39-29-23-36(24-30-39)41-13-11-31-58-35-41)52-33-53-47-19-6-4-16-44(47)45-17-7-9-21-49(45)56(53)50-22-10-8-20-48(50)52/h1-35H. The van der Waals surface area contributed by atoms with Gasteiger partial charge in [-0.05, 0) is 111 Å². The van der Waals surface area contributed by atoms with Crippen molar-refractivity contribution >= 4 is 64.6 Å². The first-order valence-corrected chi connectivity index (χ1v) is 20.4. The van der Waals surface area contributed by atoms with Gasteiger partial charge in [-0.25, -0.2) is 9.97 Å². The van der Waals surface area contributed by atoms with Crippen molar-refractivity contribution in [2.24, 2.45) is 0 Å². The first-order chi connectivity index (χ1) is 29.7. The van der Waals surface area contributed by atoms with Crippen LogP contribution in [-0.2, 0) is 0 Å². The summed E-state index contributed by atoms with van der Waals surface area (Å²) in [6.07, 6.45) is 3.70. The maximum Gasteiger partial charge on any atom is 0.160 e. The fourth-order valence-electron chi connectivity index (χ4n) is 9.30. The molecule has 0 N–H and O–H groups in total. The van der Waals surface area contributed by atoms with Crippen LogP contribution in [0.1, 0.15) is 0 Å². The highest BCUT2D eigenvalue weighted by atomic mass is 14.9. The zero-order valence-electron chi connectivity index (χ0n) is 32.5. The van der Waals surface area contributed by atoms with Crippen LogP contribution in [0.5, 0.6) is 0 Å². The van der Waals surface area contributed by atoms with Gasteiger partial charge < -0.3 is 0 Å². The summed E-state index contributed by atoms with van der Waals surface area (Å²) in [5.41, 5.74) is 9.36. The van der Waals surface area contributed by atoms with Gasteiger partial charge in [0.15, 0.2) is 5.82 Å². The average molecular weight is 762 g/mol. The van der Waals surface area contributed by atoms with E-state index in [1.807, 2.05) is 12.3 Å². The maximum atomic E-state index is 5.41. The molecule has 12 rings (SSSR count). The Hall–Kier alpha value is -8.01. The van der Waals surface area contributed by atoms with Crippen LogP contribution in [0.2, 0.25) is 0 Å². The molecule has 278 valence electrons. The van der Waals surface area contributed by atoms with Crippen LogP contribution in [0.25, 0.3) is 121 Å². The Morgan fingerprint density at radius 2 is 0.783 bits per heavy atom. The van der Waals surface area contributed by atoms with E-state index in [-0.39, 0.29) is 0 Å². The highest BCUT2D eigenvalue weighted by Gasteiger charge is 2.18. The molecule has 0 amide bonds. The lowest BCUT2D eigenvalue weighted by Gasteiger charge is -2.17. The highest BCUT2D eigenvalue weighted by Crippen LogP contribution is 2.43. The molecule has 0 radical (unpaired) electrons. The zero-order chi connectivity index (χ0) is 39.6. The van der Waals surface area contributed by atoms with E-state index in [1.54, 1.807) is 6.20 Å². The van der Waals surface area contributed by atoms with Crippen molar-refractivity contribution in [1.82, 2.24) is 15.0 Å². The minimum Gasteiger partial charge on any atom is -0.264 e. The predicted molar refractivity (Wildman–Crippen MR) is 252 cm³/mol. The summed E-state index contributed by atoms with van der Waals surface area (Å²) in [6, 6.07) is 72.0. The van der Waals surface area contributed by atoms with Crippen molar-refractivity contribution in [2.75, 3.05) is 0 Å². The Balaban J connectivity index is 1.07. The number of benzene rings is 10. The van der Waals surface area contributed by atoms with E-state index >= 15 is 0 Å². The molecule has 0 bridgehead atoms. The van der Waals surface area contributed by atoms with Crippen LogP contribution >= 0.6 is 0 Å². The van der Waals surface area contributed by atoms with Crippen molar-refractivity contribution in [3.63, 3.8) is 0 Å². The van der Waals surface area contributed by atoms with E-state index in [1.165, 1.54) is 70.4 Å². The maximum absolute atomic E-state index is 5.41. The minimum absolute atomic E-state index is 0.678. The van der Waals surface area contributed by atoms with Crippen molar-refractivity contribution < 1.29 is 0 Å². The van der Waals surface area contributed by atoms with Gasteiger partial charge in [-0.1, -0.05) is 176 Å². The fraction of sp³-hybridized carbons (Fsp3) is 0. The van der Waals surface area contributed by atoms with Crippen molar-refractivity contribution in [3.05, 3.63) is 213 Å². The summed E-state index contributed by atoms with van der Waals surface area (Å²) >= 11 is 0. The van der Waals surface area contributed by atoms with Crippen LogP contribution in [-0.4, -0.2) is 15.0 Å². The molecule has 10 aromatic carbocycles. The lowest BCUT2D eigenvalue weighted by Crippen LogP contribution is -1.97. The summed E-state index contributed by atoms with van der Waals surface area (Å²) in [4.78, 5) is 15.1. The van der Waals surface area contributed by atoms with Crippen molar-refractivity contribution in [2.45, 2.75) is 0 Å². The molecule has 0 atom stereocenters. The lowest BCUT2D eigenvalue weighted by molar-refractivity contribution is 1.19. The van der Waals surface area contributed by atoms with Crippen LogP contribution in [0.4, 0.5) is 0 Å². The number of hydrogen-bond donors (Lipinski definition) is 0. The normalized spacial score (nSPS) is 11.7. The molecule has 12 aromatic rings. The third-order valence-electron chi connectivity index (χ3n) is 12.1. The molecular weight excluding hydrogens is 727 g/mol. The SMILES string of the molecule is c1cncc(-c2ccc(-c3nc(-c4ccc(-c5cc6ccccc6c6ccccc56)cc4)cc(-c4cc5c6ccccc6c6ccccc6c5c5ccccc45)n3)cc2)c1. The van der Waals surface area contributed by atoms with Crippen LogP contribution in [0, 0.1) is 0 Å². The number of pyridine rings is 1. The van der Waals surface area contributed by atoms with E-state index in [0.717, 1.165) is 44.6 Å². The number of nitrogens with zero attached hydrogens (tertiary/aromatic N) is 3. The lowest BCUT2D eigenvalue weighted by atomic mass is 9.88. The number of fused-ring (bicyclic) bond motifs is 11. The van der Waals surface area contributed by atoms with E-state index in [4.69, 9.17) is 9.97 Å². The Kier molecular flexibility index (Phi) is 7.85. The second kappa shape index (κ2) is 13.8. The first kappa shape index (κ1) is 34.1. The van der Waals surface area contributed by atoms with Gasteiger partial charge in [0.25, 0.3) is 0 Å². The molecule has 0 aliphatic heterocycles. The smallest absolute Gasteiger partial charge is 0.160 e. The largest absolute Gasteiger partial charge is 0.264 e. The first-order valence-electron chi connectivity index (χ1n) is 20.4. The van der Waals surface area contributed by atoms with Gasteiger partial charge in [-0.15, -0.1) is 0 Å². The summed E-state index contributed by atoms with van der Waals surface area (Å²) in [7, 11) is 0. The second-order valence-corrected chi connectivity index (χ2v) is 15.5. The summed E-state index contributed by atoms with van der Waals surface area (Å²) in [5.74, 6) is 0.678. The number of rotatable bonds is 5. The van der Waals surface area contributed by atoms with Crippen molar-refractivity contribution in [3.8, 4) is 56.2 Å². The molecule has 0 spiro atoms. The minimum atomic E-state index is 0.678. The van der Waals surface area contributed by atoms with Gasteiger partial charge >= 0.3 is 0 Å². The van der Waals surface area contributed by atoms with Gasteiger partial charge in [0.1, 0.15) is 0 Å². The molecule has 3 heteroatoms. The second-order valence-electron chi connectivity index (χ2n) is 15.5. The van der Waals surface area contributed by atoms with Gasteiger partial charge in [0.05, 0.1) is 11.4 Å². The van der Waals surface area contributed by atoms with Gasteiger partial charge in [-0.3, -0.25) is 4.98 Å². The molecule has 0 saturated heterocycles. The number of aromatic nitrogens is 3. The Morgan fingerprint density at radius 1 is 0.283 bits per heavy atom. The van der Waals surface area contributed by atoms with E-state index in [0.29, 0.717) is 5.82 Å². The Bertz CT molecular complexity index is 3630. The van der Waals surface area contributed by atoms with Gasteiger partial charge in [-0.2, -0.15) is 0 Å². The number of hydrogen-bond acceptors (Lipinski definition) is 3. The van der Waals surface area contributed by atoms with E-state index in [9.17, 15) is 0 Å². The van der Waals surface area contributed by atoms with Crippen LogP contribution in [0.3, 0.4) is 0 Å². The highest BCUT2D eigenvalue weighted by molar-refractivity contribution is 6.33. The fourth-order valence-corrected chi connectivity index (χ4v) is 9.30. The molecule has 0 saturated carbocycles. The Morgan fingerprint density at radius 3 is 1.47 bits per heavy atom. The van der Waals surface area contributed by atoms with Crippen LogP contribution in [0.15, 0.2) is 213 Å². The van der Waals surface area contributed by atoms with Gasteiger partial charge in [0, 0.05) is 29.1 Å². The van der Waals surface area contributed by atoms with E-state index < -0.39 is 0 Å². The quantitative estimate of drug-likeness (QED) is 0.164. The third kappa shape index (κ3) is 5.55. The molecule has 3 nitrogen and oxygen atoms in total. The molecule has 0 unspecified atom stereocenters. The molecule has 2 heterocycles. The Labute approximate surface area is 346 Å². The van der Waals surface area contributed by atoms with E-state index in [2.05, 4.69) is 199 Å².